The maximum Gasteiger partial charge on any atom is 0.351 e. The maximum atomic E-state index is 13.8. The summed E-state index contributed by atoms with van der Waals surface area (Å²) in [4.78, 5) is 41.8. The van der Waals surface area contributed by atoms with Crippen molar-refractivity contribution in [2.75, 3.05) is 37.6 Å². The quantitative estimate of drug-likeness (QED) is 0.160. The smallest absolute Gasteiger partial charge is 0.351 e. The number of methoxy groups -OCH3 is 2. The van der Waals surface area contributed by atoms with Crippen molar-refractivity contribution in [3.8, 4) is 11.5 Å². The third kappa shape index (κ3) is 6.45. The Bertz CT molecular complexity index is 2320. The molecule has 8 rings (SSSR count). The summed E-state index contributed by atoms with van der Waals surface area (Å²) in [5, 5.41) is 15.1. The van der Waals surface area contributed by atoms with E-state index in [4.69, 9.17) is 18.9 Å². The van der Waals surface area contributed by atoms with Gasteiger partial charge in [-0.3, -0.25) is 14.3 Å². The molecule has 56 heavy (non-hydrogen) atoms. The third-order valence-electron chi connectivity index (χ3n) is 10.5. The SMILES string of the molecule is COc1ccc(C(OC[C@@]23CN(c4cnccn4)[C@@H]([C@H](n4cc(C)c(NC(=O)c5ccccc5)nc4=O)O2)[C@@H]3O)(c2ccccc2)c2ccc(OC)cc2)cc1. The van der Waals surface area contributed by atoms with Gasteiger partial charge in [-0.25, -0.2) is 9.78 Å². The Morgan fingerprint density at radius 3 is 2.09 bits per heavy atom. The predicted octanol–water partition coefficient (Wildman–Crippen LogP) is 5.14. The number of aryl methyl sites for hydroxylation is 1. The van der Waals surface area contributed by atoms with Crippen LogP contribution in [0.3, 0.4) is 0 Å². The number of aliphatic hydroxyl groups is 1. The van der Waals surface area contributed by atoms with Gasteiger partial charge in [0.2, 0.25) is 0 Å². The van der Waals surface area contributed by atoms with Crippen LogP contribution in [-0.4, -0.2) is 75.7 Å². The Kier molecular flexibility index (Phi) is 9.81. The van der Waals surface area contributed by atoms with Gasteiger partial charge in [-0.05, 0) is 60.0 Å². The second-order valence-electron chi connectivity index (χ2n) is 13.8. The van der Waals surface area contributed by atoms with Gasteiger partial charge in [-0.2, -0.15) is 4.98 Å². The minimum absolute atomic E-state index is 0.114. The van der Waals surface area contributed by atoms with E-state index in [0.29, 0.717) is 28.4 Å². The van der Waals surface area contributed by atoms with Crippen LogP contribution in [-0.2, 0) is 15.1 Å². The lowest BCUT2D eigenvalue weighted by molar-refractivity contribution is -0.159. The topological polar surface area (TPSA) is 150 Å². The van der Waals surface area contributed by atoms with Crippen LogP contribution < -0.4 is 25.4 Å². The number of nitrogens with one attached hydrogen (secondary N) is 1. The number of hydrogen-bond acceptors (Lipinski definition) is 11. The van der Waals surface area contributed by atoms with Crippen LogP contribution in [0.15, 0.2) is 139 Å². The van der Waals surface area contributed by atoms with Crippen molar-refractivity contribution < 1.29 is 28.8 Å². The van der Waals surface area contributed by atoms with Crippen molar-refractivity contribution in [3.05, 3.63) is 172 Å². The number of aliphatic hydroxyl groups excluding tert-OH is 1. The van der Waals surface area contributed by atoms with Crippen LogP contribution >= 0.6 is 0 Å². The molecule has 0 radical (unpaired) electrons. The molecule has 4 atom stereocenters. The number of hydrogen-bond donors (Lipinski definition) is 2. The van der Waals surface area contributed by atoms with E-state index < -0.39 is 41.2 Å². The number of anilines is 2. The number of carbonyl (C=O) groups excluding carboxylic acids is 1. The van der Waals surface area contributed by atoms with Crippen LogP contribution in [0.5, 0.6) is 11.5 Å². The third-order valence-corrected chi connectivity index (χ3v) is 10.5. The van der Waals surface area contributed by atoms with Gasteiger partial charge < -0.3 is 34.3 Å². The fourth-order valence-electron chi connectivity index (χ4n) is 7.70. The van der Waals surface area contributed by atoms with Crippen LogP contribution in [0.4, 0.5) is 11.6 Å². The summed E-state index contributed by atoms with van der Waals surface area (Å²) in [6.45, 7) is 1.80. The lowest BCUT2D eigenvalue weighted by atomic mass is 9.79. The highest BCUT2D eigenvalue weighted by Crippen LogP contribution is 2.50. The van der Waals surface area contributed by atoms with E-state index in [1.165, 1.54) is 4.57 Å². The van der Waals surface area contributed by atoms with E-state index in [1.54, 1.807) is 70.2 Å². The fraction of sp³-hybridized carbons (Fsp3) is 0.233. The molecule has 284 valence electrons. The number of amides is 1. The maximum absolute atomic E-state index is 13.8. The van der Waals surface area contributed by atoms with Gasteiger partial charge in [0.25, 0.3) is 5.91 Å². The van der Waals surface area contributed by atoms with Gasteiger partial charge in [0.15, 0.2) is 6.23 Å². The molecule has 0 aliphatic carbocycles. The Balaban J connectivity index is 1.20. The summed E-state index contributed by atoms with van der Waals surface area (Å²) >= 11 is 0. The van der Waals surface area contributed by atoms with E-state index in [0.717, 1.165) is 16.7 Å². The number of morpholine rings is 1. The van der Waals surface area contributed by atoms with Gasteiger partial charge in [0.1, 0.15) is 46.5 Å². The van der Waals surface area contributed by atoms with Crippen molar-refractivity contribution in [2.45, 2.75) is 36.5 Å². The van der Waals surface area contributed by atoms with Crippen molar-refractivity contribution in [3.63, 3.8) is 0 Å². The van der Waals surface area contributed by atoms with Crippen molar-refractivity contribution in [1.82, 2.24) is 19.5 Å². The minimum Gasteiger partial charge on any atom is -0.497 e. The summed E-state index contributed by atoms with van der Waals surface area (Å²) < 4.78 is 26.5. The molecular weight excluding hydrogens is 713 g/mol. The zero-order chi connectivity index (χ0) is 38.9. The normalized spacial score (nSPS) is 20.1. The molecule has 2 fully saturated rings. The molecule has 0 unspecified atom stereocenters. The minimum atomic E-state index is -1.36. The summed E-state index contributed by atoms with van der Waals surface area (Å²) in [6, 6.07) is 33.1. The first-order chi connectivity index (χ1) is 27.3. The summed E-state index contributed by atoms with van der Waals surface area (Å²) in [7, 11) is 3.23. The standard InChI is InChI=1S/C43H40N6O7/c1-28-25-48(41(52)47-38(28)46-39(51)29-10-6-4-7-11-29)40-36-37(50)42(56-40,26-49(36)35-24-44-22-23-45-35)27-55-43(30-12-8-5-9-13-30,31-14-18-33(53-2)19-15-31)32-16-20-34(54-3)21-17-32/h4-25,36-37,40,50H,26-27H2,1-3H3,(H,46,47,51,52)/t36-,37+,40-,42-/m1/s1. The molecule has 6 aromatic rings. The van der Waals surface area contributed by atoms with Crippen LogP contribution in [0, 0.1) is 6.92 Å². The van der Waals surface area contributed by atoms with Crippen LogP contribution in [0.2, 0.25) is 0 Å². The van der Waals surface area contributed by atoms with Gasteiger partial charge >= 0.3 is 5.69 Å². The van der Waals surface area contributed by atoms with Crippen LogP contribution in [0.25, 0.3) is 0 Å². The lowest BCUT2D eigenvalue weighted by Gasteiger charge is -2.41. The Morgan fingerprint density at radius 1 is 0.893 bits per heavy atom. The predicted molar refractivity (Wildman–Crippen MR) is 208 cm³/mol. The average Bonchev–Trinajstić information content (AvgIpc) is 3.69. The second kappa shape index (κ2) is 15.0. The molecule has 13 nitrogen and oxygen atoms in total. The van der Waals surface area contributed by atoms with Crippen molar-refractivity contribution in [1.29, 1.82) is 0 Å². The molecule has 0 spiro atoms. The first-order valence-corrected chi connectivity index (χ1v) is 18.1. The fourth-order valence-corrected chi connectivity index (χ4v) is 7.70. The summed E-state index contributed by atoms with van der Waals surface area (Å²) in [5.74, 6) is 1.58. The monoisotopic (exact) mass is 752 g/mol. The van der Waals surface area contributed by atoms with Crippen LogP contribution in [0.1, 0.15) is 38.8 Å². The van der Waals surface area contributed by atoms with E-state index in [2.05, 4.69) is 20.3 Å². The van der Waals surface area contributed by atoms with Gasteiger partial charge in [-0.1, -0.05) is 72.8 Å². The number of ether oxygens (including phenoxy) is 4. The first kappa shape index (κ1) is 36.6. The zero-order valence-corrected chi connectivity index (χ0v) is 31.0. The molecule has 2 saturated heterocycles. The highest BCUT2D eigenvalue weighted by atomic mass is 16.6. The molecule has 2 aliphatic rings. The van der Waals surface area contributed by atoms with E-state index in [9.17, 15) is 14.7 Å². The molecule has 2 bridgehead atoms. The Labute approximate surface area is 323 Å². The van der Waals surface area contributed by atoms with Crippen molar-refractivity contribution >= 4 is 17.5 Å². The molecule has 0 saturated carbocycles. The molecule has 4 heterocycles. The molecule has 4 aromatic carbocycles. The Morgan fingerprint density at radius 2 is 1.50 bits per heavy atom. The number of aromatic nitrogens is 4. The number of carbonyl (C=O) groups is 1. The van der Waals surface area contributed by atoms with E-state index in [1.807, 2.05) is 89.8 Å². The second-order valence-corrected chi connectivity index (χ2v) is 13.8. The largest absolute Gasteiger partial charge is 0.497 e. The first-order valence-electron chi connectivity index (χ1n) is 18.1. The molecule has 13 heteroatoms. The van der Waals surface area contributed by atoms with Crippen molar-refractivity contribution in [2.24, 2.45) is 0 Å². The summed E-state index contributed by atoms with van der Waals surface area (Å²) in [6.07, 6.45) is 4.16. The number of nitrogens with zero attached hydrogens (tertiary/aromatic N) is 5. The van der Waals surface area contributed by atoms with Gasteiger partial charge in [-0.15, -0.1) is 0 Å². The van der Waals surface area contributed by atoms with E-state index in [-0.39, 0.29) is 19.0 Å². The Hall–Kier alpha value is -6.41. The highest BCUT2D eigenvalue weighted by Gasteiger charge is 2.65. The van der Waals surface area contributed by atoms with E-state index >= 15 is 0 Å². The number of benzene rings is 4. The average molecular weight is 753 g/mol. The lowest BCUT2D eigenvalue weighted by Crippen LogP contribution is -2.51. The van der Waals surface area contributed by atoms with Gasteiger partial charge in [0.05, 0.1) is 33.6 Å². The number of rotatable bonds is 12. The molecule has 2 aromatic heterocycles. The molecule has 2 aliphatic heterocycles. The molecular formula is C43H40N6O7. The number of fused-ring (bicyclic) bond motifs is 2. The highest BCUT2D eigenvalue weighted by molar-refractivity contribution is 6.04. The summed E-state index contributed by atoms with van der Waals surface area (Å²) in [5.41, 5.74) is 0.148. The molecule has 1 amide bonds. The molecule has 2 N–H and O–H groups in total. The van der Waals surface area contributed by atoms with Gasteiger partial charge in [0, 0.05) is 29.7 Å². The zero-order valence-electron chi connectivity index (χ0n) is 31.0.